The van der Waals surface area contributed by atoms with Crippen LogP contribution in [0.3, 0.4) is 0 Å². The number of rotatable bonds is 4. The predicted octanol–water partition coefficient (Wildman–Crippen LogP) is 3.31. The van der Waals surface area contributed by atoms with Gasteiger partial charge in [-0.3, -0.25) is 0 Å². The molecule has 112 valence electrons. The molecule has 20 heavy (non-hydrogen) atoms. The summed E-state index contributed by atoms with van der Waals surface area (Å²) in [4.78, 5) is 0. The van der Waals surface area contributed by atoms with Gasteiger partial charge in [0.15, 0.2) is 17.5 Å². The average molecular weight is 287 g/mol. The van der Waals surface area contributed by atoms with Gasteiger partial charge in [-0.25, -0.2) is 13.2 Å². The topological polar surface area (TPSA) is 32.3 Å². The smallest absolute Gasteiger partial charge is 0.194 e. The number of aliphatic hydroxyl groups excluding tert-OH is 1. The third-order valence-electron chi connectivity index (χ3n) is 3.97. The molecule has 0 spiro atoms. The maximum atomic E-state index is 13.2. The number of nitrogens with one attached hydrogen (secondary N) is 1. The molecule has 0 radical (unpaired) electrons. The van der Waals surface area contributed by atoms with Crippen molar-refractivity contribution in [2.45, 2.75) is 44.8 Å². The number of benzene rings is 1. The van der Waals surface area contributed by atoms with Crippen LogP contribution in [0.5, 0.6) is 0 Å². The molecule has 2 N–H and O–H groups in total. The first-order valence-electron chi connectivity index (χ1n) is 7.03. The lowest BCUT2D eigenvalue weighted by atomic mass is 9.87. The van der Waals surface area contributed by atoms with E-state index < -0.39 is 17.5 Å². The highest BCUT2D eigenvalue weighted by Gasteiger charge is 2.21. The van der Waals surface area contributed by atoms with Crippen molar-refractivity contribution < 1.29 is 18.3 Å². The Kier molecular flexibility index (Phi) is 5.05. The second kappa shape index (κ2) is 6.59. The van der Waals surface area contributed by atoms with Crippen LogP contribution in [0.4, 0.5) is 13.2 Å². The summed E-state index contributed by atoms with van der Waals surface area (Å²) >= 11 is 0. The Morgan fingerprint density at radius 1 is 1.25 bits per heavy atom. The van der Waals surface area contributed by atoms with Crippen molar-refractivity contribution in [3.63, 3.8) is 0 Å². The summed E-state index contributed by atoms with van der Waals surface area (Å²) < 4.78 is 39.2. The van der Waals surface area contributed by atoms with Gasteiger partial charge in [0, 0.05) is 6.04 Å². The molecule has 0 aliphatic heterocycles. The fourth-order valence-corrected chi connectivity index (χ4v) is 2.73. The molecule has 1 aromatic carbocycles. The van der Waals surface area contributed by atoms with Gasteiger partial charge in [0.25, 0.3) is 0 Å². The van der Waals surface area contributed by atoms with E-state index in [0.29, 0.717) is 18.0 Å². The van der Waals surface area contributed by atoms with E-state index in [0.717, 1.165) is 37.8 Å². The first kappa shape index (κ1) is 15.3. The lowest BCUT2D eigenvalue weighted by Gasteiger charge is -2.27. The van der Waals surface area contributed by atoms with Gasteiger partial charge in [0.2, 0.25) is 0 Å². The molecule has 1 aliphatic carbocycles. The first-order valence-corrected chi connectivity index (χ1v) is 7.03. The Bertz CT molecular complexity index is 443. The van der Waals surface area contributed by atoms with Crippen LogP contribution in [-0.2, 0) is 0 Å². The molecule has 1 saturated carbocycles. The zero-order chi connectivity index (χ0) is 14.7. The van der Waals surface area contributed by atoms with Gasteiger partial charge < -0.3 is 10.4 Å². The van der Waals surface area contributed by atoms with E-state index in [4.69, 9.17) is 0 Å². The highest BCUT2D eigenvalue weighted by Crippen LogP contribution is 2.25. The molecule has 0 amide bonds. The van der Waals surface area contributed by atoms with E-state index in [2.05, 4.69) is 5.32 Å². The van der Waals surface area contributed by atoms with Crippen molar-refractivity contribution in [3.8, 4) is 0 Å². The number of halogens is 3. The van der Waals surface area contributed by atoms with Gasteiger partial charge in [-0.1, -0.05) is 6.42 Å². The Hall–Kier alpha value is -1.07. The summed E-state index contributed by atoms with van der Waals surface area (Å²) in [6.07, 6.45) is 3.41. The minimum Gasteiger partial charge on any atom is -0.393 e. The van der Waals surface area contributed by atoms with Gasteiger partial charge in [0.1, 0.15) is 0 Å². The fourth-order valence-electron chi connectivity index (χ4n) is 2.73. The van der Waals surface area contributed by atoms with E-state index in [1.165, 1.54) is 0 Å². The molecule has 3 unspecified atom stereocenters. The van der Waals surface area contributed by atoms with Crippen LogP contribution in [0.15, 0.2) is 12.1 Å². The van der Waals surface area contributed by atoms with Gasteiger partial charge in [0.05, 0.1) is 6.10 Å². The molecule has 2 rings (SSSR count). The quantitative estimate of drug-likeness (QED) is 0.833. The number of hydrogen-bond acceptors (Lipinski definition) is 2. The minimum absolute atomic E-state index is 0.244. The Labute approximate surface area is 117 Å². The van der Waals surface area contributed by atoms with Gasteiger partial charge in [-0.2, -0.15) is 0 Å². The highest BCUT2D eigenvalue weighted by molar-refractivity contribution is 5.22. The van der Waals surface area contributed by atoms with E-state index in [9.17, 15) is 18.3 Å². The molecule has 3 atom stereocenters. The Morgan fingerprint density at radius 2 is 1.90 bits per heavy atom. The summed E-state index contributed by atoms with van der Waals surface area (Å²) in [5, 5.41) is 12.8. The van der Waals surface area contributed by atoms with E-state index in [1.807, 2.05) is 0 Å². The molecule has 2 nitrogen and oxygen atoms in total. The zero-order valence-corrected chi connectivity index (χ0v) is 11.5. The molecule has 0 saturated heterocycles. The van der Waals surface area contributed by atoms with E-state index in [1.54, 1.807) is 6.92 Å². The van der Waals surface area contributed by atoms with E-state index >= 15 is 0 Å². The van der Waals surface area contributed by atoms with Crippen molar-refractivity contribution in [2.24, 2.45) is 5.92 Å². The number of aliphatic hydroxyl groups is 1. The lowest BCUT2D eigenvalue weighted by Crippen LogP contribution is -2.30. The van der Waals surface area contributed by atoms with Gasteiger partial charge in [-0.05, 0) is 56.3 Å². The number of hydrogen-bond donors (Lipinski definition) is 2. The summed E-state index contributed by atoms with van der Waals surface area (Å²) in [5.41, 5.74) is 0.387. The van der Waals surface area contributed by atoms with Crippen LogP contribution in [0.2, 0.25) is 0 Å². The molecule has 1 fully saturated rings. The third-order valence-corrected chi connectivity index (χ3v) is 3.97. The summed E-state index contributed by atoms with van der Waals surface area (Å²) in [6, 6.07) is 1.77. The Morgan fingerprint density at radius 3 is 2.50 bits per heavy atom. The minimum atomic E-state index is -1.43. The molecule has 0 heterocycles. The van der Waals surface area contributed by atoms with Crippen LogP contribution in [-0.4, -0.2) is 17.8 Å². The van der Waals surface area contributed by atoms with Crippen LogP contribution in [0, 0.1) is 23.4 Å². The zero-order valence-electron chi connectivity index (χ0n) is 11.5. The van der Waals surface area contributed by atoms with Crippen molar-refractivity contribution in [3.05, 3.63) is 35.1 Å². The van der Waals surface area contributed by atoms with Crippen molar-refractivity contribution >= 4 is 0 Å². The van der Waals surface area contributed by atoms with E-state index in [-0.39, 0.29) is 12.1 Å². The Balaban J connectivity index is 1.93. The lowest BCUT2D eigenvalue weighted by molar-refractivity contribution is 0.0998. The molecular weight excluding hydrogens is 267 g/mol. The first-order chi connectivity index (χ1) is 9.47. The maximum Gasteiger partial charge on any atom is 0.194 e. The van der Waals surface area contributed by atoms with Crippen molar-refractivity contribution in [2.75, 3.05) is 6.54 Å². The van der Waals surface area contributed by atoms with Crippen LogP contribution >= 0.6 is 0 Å². The van der Waals surface area contributed by atoms with Crippen molar-refractivity contribution in [1.29, 1.82) is 0 Å². The predicted molar refractivity (Wildman–Crippen MR) is 70.7 cm³/mol. The molecule has 5 heteroatoms. The molecule has 1 aromatic rings. The summed E-state index contributed by atoms with van der Waals surface area (Å²) in [7, 11) is 0. The van der Waals surface area contributed by atoms with Gasteiger partial charge in [-0.15, -0.1) is 0 Å². The molecular formula is C15H20F3NO. The van der Waals surface area contributed by atoms with Crippen LogP contribution in [0.25, 0.3) is 0 Å². The summed E-state index contributed by atoms with van der Waals surface area (Å²) in [6.45, 7) is 2.46. The standard InChI is InChI=1S/C15H20F3NO/c1-9(11-6-13(16)15(18)14(17)7-11)19-8-10-3-2-4-12(20)5-10/h6-7,9-10,12,19-20H,2-5,8H2,1H3. The largest absolute Gasteiger partial charge is 0.393 e. The average Bonchev–Trinajstić information content (AvgIpc) is 2.41. The van der Waals surface area contributed by atoms with Crippen molar-refractivity contribution in [1.82, 2.24) is 5.32 Å². The second-order valence-corrected chi connectivity index (χ2v) is 5.61. The monoisotopic (exact) mass is 287 g/mol. The molecule has 0 aromatic heterocycles. The summed E-state index contributed by atoms with van der Waals surface area (Å²) in [5.74, 6) is -3.39. The third kappa shape index (κ3) is 3.73. The van der Waals surface area contributed by atoms with Crippen LogP contribution < -0.4 is 5.32 Å². The molecule has 0 bridgehead atoms. The highest BCUT2D eigenvalue weighted by atomic mass is 19.2. The molecule has 1 aliphatic rings. The SMILES string of the molecule is CC(NCC1CCCC(O)C1)c1cc(F)c(F)c(F)c1. The fraction of sp³-hybridized carbons (Fsp3) is 0.600. The second-order valence-electron chi connectivity index (χ2n) is 5.61. The van der Waals surface area contributed by atoms with Crippen LogP contribution in [0.1, 0.15) is 44.2 Å². The van der Waals surface area contributed by atoms with Gasteiger partial charge >= 0.3 is 0 Å². The normalized spacial score (nSPS) is 24.6. The maximum absolute atomic E-state index is 13.2.